The van der Waals surface area contributed by atoms with Crippen LogP contribution < -0.4 is 4.74 Å². The van der Waals surface area contributed by atoms with Crippen LogP contribution in [0.4, 0.5) is 13.2 Å². The molecule has 2 aliphatic carbocycles. The summed E-state index contributed by atoms with van der Waals surface area (Å²) in [5.41, 5.74) is 3.95. The van der Waals surface area contributed by atoms with Crippen LogP contribution >= 0.6 is 0 Å². The first-order chi connectivity index (χ1) is 17.9. The maximum atomic E-state index is 15.2. The molecule has 1 atom stereocenters. The van der Waals surface area contributed by atoms with E-state index in [-0.39, 0.29) is 23.6 Å². The smallest absolute Gasteiger partial charge is 0.201 e. The van der Waals surface area contributed by atoms with Crippen LogP contribution in [0.2, 0.25) is 0 Å². The third-order valence-corrected chi connectivity index (χ3v) is 8.31. The predicted octanol–water partition coefficient (Wildman–Crippen LogP) is 8.95. The van der Waals surface area contributed by atoms with Gasteiger partial charge in [-0.15, -0.1) is 0 Å². The molecule has 3 aromatic carbocycles. The molecule has 37 heavy (non-hydrogen) atoms. The summed E-state index contributed by atoms with van der Waals surface area (Å²) in [5, 5.41) is 0. The summed E-state index contributed by atoms with van der Waals surface area (Å²) >= 11 is 0. The van der Waals surface area contributed by atoms with Gasteiger partial charge in [-0.2, -0.15) is 4.39 Å². The van der Waals surface area contributed by atoms with Gasteiger partial charge in [0.2, 0.25) is 5.82 Å². The Morgan fingerprint density at radius 1 is 0.757 bits per heavy atom. The van der Waals surface area contributed by atoms with E-state index >= 15 is 4.39 Å². The largest absolute Gasteiger partial charge is 0.500 e. The monoisotopic (exact) mass is 500 g/mol. The van der Waals surface area contributed by atoms with E-state index < -0.39 is 11.6 Å². The van der Waals surface area contributed by atoms with Crippen LogP contribution in [0.1, 0.15) is 57.4 Å². The van der Waals surface area contributed by atoms with Gasteiger partial charge in [-0.05, 0) is 90.3 Å². The van der Waals surface area contributed by atoms with E-state index in [1.807, 2.05) is 12.1 Å². The highest BCUT2D eigenvalue weighted by Crippen LogP contribution is 2.41. The Labute approximate surface area is 219 Å². The van der Waals surface area contributed by atoms with Crippen molar-refractivity contribution >= 4 is 13.4 Å². The molecule has 0 aromatic heterocycles. The molecular weight excluding hydrogens is 468 g/mol. The summed E-state index contributed by atoms with van der Waals surface area (Å²) in [6.07, 6.45) is 11.0. The molecule has 0 bridgehead atoms. The Hall–Kier alpha value is -2.95. The average molecular weight is 500 g/mol. The zero-order valence-electron chi connectivity index (χ0n) is 21.3. The SMILES string of the molecule is [B]COc1ccc(-c2ccc(-c3ccc(C4=CCC(C5CCC(C)CC5)CC4)cc3F)cc2)c(F)c1F. The Morgan fingerprint density at radius 2 is 1.41 bits per heavy atom. The molecular formula is C32H32BF3O. The molecule has 0 spiro atoms. The highest BCUT2D eigenvalue weighted by molar-refractivity contribution is 6.08. The van der Waals surface area contributed by atoms with Crippen molar-refractivity contribution in [3.05, 3.63) is 83.7 Å². The van der Waals surface area contributed by atoms with Gasteiger partial charge in [-0.25, -0.2) is 8.78 Å². The number of hydrogen-bond donors (Lipinski definition) is 0. The minimum atomic E-state index is -1.08. The van der Waals surface area contributed by atoms with Crippen LogP contribution in [0.5, 0.6) is 5.75 Å². The number of ether oxygens (including phenoxy) is 1. The number of benzene rings is 3. The van der Waals surface area contributed by atoms with Crippen molar-refractivity contribution in [2.75, 3.05) is 6.51 Å². The molecule has 0 N–H and O–H groups in total. The molecule has 5 rings (SSSR count). The van der Waals surface area contributed by atoms with Gasteiger partial charge in [0.25, 0.3) is 0 Å². The van der Waals surface area contributed by atoms with E-state index in [0.29, 0.717) is 16.7 Å². The summed E-state index contributed by atoms with van der Waals surface area (Å²) in [6.45, 7) is 2.12. The Kier molecular flexibility index (Phi) is 7.78. The van der Waals surface area contributed by atoms with Gasteiger partial charge >= 0.3 is 0 Å². The molecule has 1 unspecified atom stereocenters. The standard InChI is InChI=1S/C32H32BF3O/c1-20-2-4-21(5-3-20)22-6-8-23(9-7-22)26-14-15-27(29(34)18-26)24-10-12-25(13-11-24)28-16-17-30(37-19-33)32(36)31(28)35/h8,10-18,20-22H,2-7,9,19H2,1H3. The summed E-state index contributed by atoms with van der Waals surface area (Å²) in [4.78, 5) is 0. The molecule has 1 nitrogen and oxygen atoms in total. The topological polar surface area (TPSA) is 9.23 Å². The molecule has 5 heteroatoms. The quantitative estimate of drug-likeness (QED) is 0.307. The normalized spacial score (nSPS) is 21.9. The van der Waals surface area contributed by atoms with E-state index in [1.165, 1.54) is 49.8 Å². The lowest BCUT2D eigenvalue weighted by molar-refractivity contribution is 0.202. The lowest BCUT2D eigenvalue weighted by atomic mass is 9.71. The summed E-state index contributed by atoms with van der Waals surface area (Å²) in [5.74, 6) is -0.110. The Morgan fingerprint density at radius 3 is 2.03 bits per heavy atom. The van der Waals surface area contributed by atoms with Gasteiger partial charge in [-0.3, -0.25) is 0 Å². The molecule has 2 radical (unpaired) electrons. The van der Waals surface area contributed by atoms with Gasteiger partial charge in [0.1, 0.15) is 13.7 Å². The molecule has 1 fully saturated rings. The lowest BCUT2D eigenvalue weighted by Gasteiger charge is -2.34. The minimum Gasteiger partial charge on any atom is -0.500 e. The number of hydrogen-bond acceptors (Lipinski definition) is 1. The fourth-order valence-electron chi connectivity index (χ4n) is 6.04. The van der Waals surface area contributed by atoms with Gasteiger partial charge in [0, 0.05) is 17.6 Å². The molecule has 0 amide bonds. The zero-order chi connectivity index (χ0) is 25.9. The van der Waals surface area contributed by atoms with Gasteiger partial charge in [0.05, 0.1) is 0 Å². The zero-order valence-corrected chi connectivity index (χ0v) is 21.3. The molecule has 0 aliphatic heterocycles. The molecule has 1 saturated carbocycles. The van der Waals surface area contributed by atoms with E-state index in [4.69, 9.17) is 12.6 Å². The summed E-state index contributed by atoms with van der Waals surface area (Å²) < 4.78 is 48.9. The van der Waals surface area contributed by atoms with Crippen LogP contribution in [-0.4, -0.2) is 14.4 Å². The lowest BCUT2D eigenvalue weighted by Crippen LogP contribution is -2.22. The van der Waals surface area contributed by atoms with Crippen LogP contribution in [0.3, 0.4) is 0 Å². The van der Waals surface area contributed by atoms with Crippen molar-refractivity contribution < 1.29 is 17.9 Å². The minimum absolute atomic E-state index is 0.106. The summed E-state index contributed by atoms with van der Waals surface area (Å²) in [6, 6.07) is 15.0. The van der Waals surface area contributed by atoms with Crippen molar-refractivity contribution in [1.29, 1.82) is 0 Å². The fraction of sp³-hybridized carbons (Fsp3) is 0.375. The molecule has 0 heterocycles. The first-order valence-electron chi connectivity index (χ1n) is 13.3. The maximum absolute atomic E-state index is 15.2. The first-order valence-corrected chi connectivity index (χ1v) is 13.3. The summed E-state index contributed by atoms with van der Waals surface area (Å²) in [7, 11) is 5.26. The van der Waals surface area contributed by atoms with E-state index in [2.05, 4.69) is 13.0 Å². The second-order valence-electron chi connectivity index (χ2n) is 10.6. The van der Waals surface area contributed by atoms with E-state index in [0.717, 1.165) is 36.2 Å². The highest BCUT2D eigenvalue weighted by Gasteiger charge is 2.27. The molecule has 0 saturated heterocycles. The predicted molar refractivity (Wildman–Crippen MR) is 145 cm³/mol. The van der Waals surface area contributed by atoms with Crippen LogP contribution in [0, 0.1) is 35.2 Å². The van der Waals surface area contributed by atoms with Gasteiger partial charge < -0.3 is 4.74 Å². The van der Waals surface area contributed by atoms with E-state index in [9.17, 15) is 8.78 Å². The van der Waals surface area contributed by atoms with Crippen molar-refractivity contribution in [2.45, 2.75) is 51.9 Å². The van der Waals surface area contributed by atoms with Crippen molar-refractivity contribution in [2.24, 2.45) is 17.8 Å². The number of allylic oxidation sites excluding steroid dienone is 2. The first kappa shape index (κ1) is 25.7. The molecule has 3 aromatic rings. The fourth-order valence-corrected chi connectivity index (χ4v) is 6.04. The number of rotatable bonds is 6. The maximum Gasteiger partial charge on any atom is 0.201 e. The van der Waals surface area contributed by atoms with E-state index in [1.54, 1.807) is 30.3 Å². The van der Waals surface area contributed by atoms with Crippen molar-refractivity contribution in [3.63, 3.8) is 0 Å². The molecule has 2 aliphatic rings. The van der Waals surface area contributed by atoms with Crippen molar-refractivity contribution in [3.8, 4) is 28.0 Å². The van der Waals surface area contributed by atoms with Crippen LogP contribution in [0.15, 0.2) is 60.7 Å². The number of halogens is 3. The average Bonchev–Trinajstić information content (AvgIpc) is 2.92. The second-order valence-corrected chi connectivity index (χ2v) is 10.6. The van der Waals surface area contributed by atoms with Gasteiger partial charge in [0.15, 0.2) is 11.6 Å². The van der Waals surface area contributed by atoms with Crippen LogP contribution in [0.25, 0.3) is 27.8 Å². The molecule has 190 valence electrons. The third kappa shape index (κ3) is 5.51. The highest BCUT2D eigenvalue weighted by atomic mass is 19.2. The Bertz CT molecular complexity index is 1280. The van der Waals surface area contributed by atoms with Gasteiger partial charge in [-0.1, -0.05) is 62.2 Å². The van der Waals surface area contributed by atoms with Crippen molar-refractivity contribution in [1.82, 2.24) is 0 Å². The van der Waals surface area contributed by atoms with Crippen LogP contribution in [-0.2, 0) is 0 Å². The third-order valence-electron chi connectivity index (χ3n) is 8.31. The second kappa shape index (κ2) is 11.2. The Balaban J connectivity index is 1.29.